The van der Waals surface area contributed by atoms with Crippen molar-refractivity contribution in [1.29, 1.82) is 0 Å². The summed E-state index contributed by atoms with van der Waals surface area (Å²) < 4.78 is 5.57. The van der Waals surface area contributed by atoms with Crippen molar-refractivity contribution in [3.8, 4) is 5.75 Å². The third-order valence-electron chi connectivity index (χ3n) is 3.27. The van der Waals surface area contributed by atoms with E-state index in [-0.39, 0.29) is 11.7 Å². The summed E-state index contributed by atoms with van der Waals surface area (Å²) in [4.78, 5) is 12.4. The van der Waals surface area contributed by atoms with Crippen LogP contribution in [0.15, 0.2) is 24.3 Å². The average molecular weight is 265 g/mol. The molecule has 19 heavy (non-hydrogen) atoms. The molecule has 0 spiro atoms. The van der Waals surface area contributed by atoms with Crippen molar-refractivity contribution in [3.05, 3.63) is 34.4 Å². The van der Waals surface area contributed by atoms with Crippen LogP contribution in [0.2, 0.25) is 0 Å². The van der Waals surface area contributed by atoms with Crippen LogP contribution in [-0.4, -0.2) is 42.1 Å². The SMILES string of the molecule is N[C@@H]1CCCN(CCOc2ccc([N+](=O)[O-])cc2)C1. The number of nitro benzene ring substituents is 1. The fourth-order valence-corrected chi connectivity index (χ4v) is 2.25. The second-order valence-corrected chi connectivity index (χ2v) is 4.80. The van der Waals surface area contributed by atoms with Gasteiger partial charge in [0, 0.05) is 31.3 Å². The minimum atomic E-state index is -0.418. The molecule has 0 amide bonds. The number of ether oxygens (including phenoxy) is 1. The van der Waals surface area contributed by atoms with Gasteiger partial charge in [-0.1, -0.05) is 0 Å². The number of nitro groups is 1. The van der Waals surface area contributed by atoms with Crippen molar-refractivity contribution in [2.75, 3.05) is 26.2 Å². The van der Waals surface area contributed by atoms with Gasteiger partial charge in [0.2, 0.25) is 0 Å². The van der Waals surface area contributed by atoms with E-state index < -0.39 is 4.92 Å². The van der Waals surface area contributed by atoms with Gasteiger partial charge in [-0.25, -0.2) is 0 Å². The summed E-state index contributed by atoms with van der Waals surface area (Å²) in [6.45, 7) is 3.40. The molecule has 1 aromatic rings. The first kappa shape index (κ1) is 13.8. The predicted molar refractivity (Wildman–Crippen MR) is 72.2 cm³/mol. The maximum absolute atomic E-state index is 10.5. The maximum atomic E-state index is 10.5. The van der Waals surface area contributed by atoms with Gasteiger partial charge in [-0.15, -0.1) is 0 Å². The van der Waals surface area contributed by atoms with E-state index in [2.05, 4.69) is 4.90 Å². The number of piperidine rings is 1. The third-order valence-corrected chi connectivity index (χ3v) is 3.27. The van der Waals surface area contributed by atoms with Crippen molar-refractivity contribution in [3.63, 3.8) is 0 Å². The third kappa shape index (κ3) is 4.18. The Morgan fingerprint density at radius 2 is 2.16 bits per heavy atom. The van der Waals surface area contributed by atoms with Gasteiger partial charge in [0.1, 0.15) is 12.4 Å². The highest BCUT2D eigenvalue weighted by molar-refractivity contribution is 5.35. The molecule has 104 valence electrons. The van der Waals surface area contributed by atoms with E-state index in [0.29, 0.717) is 12.4 Å². The van der Waals surface area contributed by atoms with E-state index in [4.69, 9.17) is 10.5 Å². The molecule has 2 N–H and O–H groups in total. The zero-order chi connectivity index (χ0) is 13.7. The van der Waals surface area contributed by atoms with Crippen LogP contribution in [0, 0.1) is 10.1 Å². The van der Waals surface area contributed by atoms with E-state index in [1.54, 1.807) is 12.1 Å². The zero-order valence-electron chi connectivity index (χ0n) is 10.8. The molecular formula is C13H19N3O3. The van der Waals surface area contributed by atoms with Crippen LogP contribution < -0.4 is 10.5 Å². The monoisotopic (exact) mass is 265 g/mol. The Morgan fingerprint density at radius 3 is 2.79 bits per heavy atom. The first-order valence-electron chi connectivity index (χ1n) is 6.50. The van der Waals surface area contributed by atoms with Gasteiger partial charge in [-0.05, 0) is 31.5 Å². The molecule has 1 saturated heterocycles. The van der Waals surface area contributed by atoms with E-state index in [0.717, 1.165) is 32.5 Å². The van der Waals surface area contributed by atoms with E-state index >= 15 is 0 Å². The molecule has 0 saturated carbocycles. The fourth-order valence-electron chi connectivity index (χ4n) is 2.25. The van der Waals surface area contributed by atoms with Gasteiger partial charge in [0.05, 0.1) is 4.92 Å². The van der Waals surface area contributed by atoms with Crippen LogP contribution in [-0.2, 0) is 0 Å². The average Bonchev–Trinajstić information content (AvgIpc) is 2.39. The number of nitrogens with zero attached hydrogens (tertiary/aromatic N) is 2. The first-order chi connectivity index (χ1) is 9.15. The molecule has 1 heterocycles. The fraction of sp³-hybridized carbons (Fsp3) is 0.538. The molecule has 1 aliphatic rings. The number of non-ortho nitro benzene ring substituents is 1. The lowest BCUT2D eigenvalue weighted by molar-refractivity contribution is -0.384. The van der Waals surface area contributed by atoms with E-state index in [9.17, 15) is 10.1 Å². The Balaban J connectivity index is 1.74. The molecule has 1 fully saturated rings. The predicted octanol–water partition coefficient (Wildman–Crippen LogP) is 1.40. The second-order valence-electron chi connectivity index (χ2n) is 4.80. The van der Waals surface area contributed by atoms with Gasteiger partial charge in [-0.3, -0.25) is 15.0 Å². The van der Waals surface area contributed by atoms with E-state index in [1.165, 1.54) is 12.1 Å². The van der Waals surface area contributed by atoms with Crippen molar-refractivity contribution in [1.82, 2.24) is 4.90 Å². The molecule has 6 heteroatoms. The van der Waals surface area contributed by atoms with Gasteiger partial charge < -0.3 is 10.5 Å². The minimum absolute atomic E-state index is 0.0781. The van der Waals surface area contributed by atoms with Gasteiger partial charge >= 0.3 is 0 Å². The molecule has 1 aromatic carbocycles. The van der Waals surface area contributed by atoms with Crippen LogP contribution in [0.5, 0.6) is 5.75 Å². The minimum Gasteiger partial charge on any atom is -0.492 e. The largest absolute Gasteiger partial charge is 0.492 e. The lowest BCUT2D eigenvalue weighted by Crippen LogP contribution is -2.44. The Kier molecular flexibility index (Phi) is 4.70. The lowest BCUT2D eigenvalue weighted by Gasteiger charge is -2.30. The normalized spacial score (nSPS) is 20.2. The van der Waals surface area contributed by atoms with Crippen molar-refractivity contribution in [2.24, 2.45) is 5.73 Å². The summed E-state index contributed by atoms with van der Waals surface area (Å²) >= 11 is 0. The lowest BCUT2D eigenvalue weighted by atomic mass is 10.1. The van der Waals surface area contributed by atoms with Crippen LogP contribution >= 0.6 is 0 Å². The summed E-state index contributed by atoms with van der Waals surface area (Å²) in [5.41, 5.74) is 5.98. The molecule has 2 rings (SSSR count). The Bertz CT molecular complexity index is 422. The molecule has 1 aliphatic heterocycles. The maximum Gasteiger partial charge on any atom is 0.269 e. The number of hydrogen-bond acceptors (Lipinski definition) is 5. The molecule has 6 nitrogen and oxygen atoms in total. The molecule has 0 radical (unpaired) electrons. The van der Waals surface area contributed by atoms with E-state index in [1.807, 2.05) is 0 Å². The Labute approximate surface area is 112 Å². The molecule has 0 aromatic heterocycles. The van der Waals surface area contributed by atoms with Crippen LogP contribution in [0.4, 0.5) is 5.69 Å². The summed E-state index contributed by atoms with van der Waals surface area (Å²) in [6, 6.07) is 6.42. The Morgan fingerprint density at radius 1 is 1.42 bits per heavy atom. The van der Waals surface area contributed by atoms with Crippen LogP contribution in [0.1, 0.15) is 12.8 Å². The van der Waals surface area contributed by atoms with Gasteiger partial charge in [0.15, 0.2) is 0 Å². The number of hydrogen-bond donors (Lipinski definition) is 1. The highest BCUT2D eigenvalue weighted by atomic mass is 16.6. The smallest absolute Gasteiger partial charge is 0.269 e. The quantitative estimate of drug-likeness (QED) is 0.642. The summed E-state index contributed by atoms with van der Waals surface area (Å²) in [5, 5.41) is 10.5. The summed E-state index contributed by atoms with van der Waals surface area (Å²) in [6.07, 6.45) is 2.23. The second kappa shape index (κ2) is 6.49. The van der Waals surface area contributed by atoms with Crippen LogP contribution in [0.3, 0.4) is 0 Å². The van der Waals surface area contributed by atoms with Gasteiger partial charge in [-0.2, -0.15) is 0 Å². The number of likely N-dealkylation sites (tertiary alicyclic amines) is 1. The van der Waals surface area contributed by atoms with Crippen molar-refractivity contribution in [2.45, 2.75) is 18.9 Å². The summed E-state index contributed by atoms with van der Waals surface area (Å²) in [7, 11) is 0. The standard InChI is InChI=1S/C13H19N3O3/c14-11-2-1-7-15(10-11)8-9-19-13-5-3-12(4-6-13)16(17)18/h3-6,11H,1-2,7-10,14H2/t11-/m1/s1. The van der Waals surface area contributed by atoms with Gasteiger partial charge in [0.25, 0.3) is 5.69 Å². The van der Waals surface area contributed by atoms with Crippen molar-refractivity contribution >= 4 is 5.69 Å². The molecule has 0 bridgehead atoms. The molecule has 1 atom stereocenters. The number of benzene rings is 1. The molecule has 0 unspecified atom stereocenters. The summed E-state index contributed by atoms with van der Waals surface area (Å²) in [5.74, 6) is 0.659. The zero-order valence-corrected chi connectivity index (χ0v) is 10.8. The topological polar surface area (TPSA) is 81.6 Å². The number of rotatable bonds is 5. The molecular weight excluding hydrogens is 246 g/mol. The van der Waals surface area contributed by atoms with Crippen molar-refractivity contribution < 1.29 is 9.66 Å². The highest BCUT2D eigenvalue weighted by Gasteiger charge is 2.16. The first-order valence-corrected chi connectivity index (χ1v) is 6.50. The highest BCUT2D eigenvalue weighted by Crippen LogP contribution is 2.17. The molecule has 0 aliphatic carbocycles. The van der Waals surface area contributed by atoms with Crippen LogP contribution in [0.25, 0.3) is 0 Å². The number of nitrogens with two attached hydrogens (primary N) is 1. The Hall–Kier alpha value is -1.66.